The lowest BCUT2D eigenvalue weighted by molar-refractivity contribution is -0.142. The van der Waals surface area contributed by atoms with Gasteiger partial charge in [0.25, 0.3) is 0 Å². The first-order valence-electron chi connectivity index (χ1n) is 9.33. The maximum atomic E-state index is 13.1. The van der Waals surface area contributed by atoms with E-state index in [2.05, 4.69) is 25.6 Å². The van der Waals surface area contributed by atoms with E-state index in [1.54, 1.807) is 7.05 Å². The Kier molecular flexibility index (Phi) is 6.11. The van der Waals surface area contributed by atoms with E-state index in [0.717, 1.165) is 17.5 Å². The molecule has 8 nitrogen and oxygen atoms in total. The van der Waals surface area contributed by atoms with Crippen LogP contribution in [0.2, 0.25) is 0 Å². The molecule has 0 aromatic carbocycles. The number of alkyl halides is 3. The van der Waals surface area contributed by atoms with Crippen molar-refractivity contribution in [1.82, 2.24) is 30.2 Å². The standard InChI is InChI=1S/C17H26F3N7O/c1-21-16(22-9-12-10-25(2)24-15(12)17(18,19)20)27-7-5-26(6-8-27)11-14(28)23-13-3-4-13/h10,13H,3-9,11H2,1-2H3,(H,21,22)(H,23,28). The minimum absolute atomic E-state index is 0.0145. The van der Waals surface area contributed by atoms with Crippen LogP contribution in [-0.2, 0) is 24.6 Å². The van der Waals surface area contributed by atoms with Crippen LogP contribution in [0.5, 0.6) is 0 Å². The van der Waals surface area contributed by atoms with Gasteiger partial charge in [0, 0.05) is 64.6 Å². The number of rotatable bonds is 5. The molecule has 1 aromatic rings. The van der Waals surface area contributed by atoms with Crippen molar-refractivity contribution in [2.75, 3.05) is 39.8 Å². The number of guanidine groups is 1. The molecule has 1 aromatic heterocycles. The third-order valence-electron chi connectivity index (χ3n) is 4.80. The van der Waals surface area contributed by atoms with Crippen LogP contribution in [0, 0.1) is 0 Å². The molecule has 0 spiro atoms. The van der Waals surface area contributed by atoms with E-state index in [4.69, 9.17) is 0 Å². The fourth-order valence-corrected chi connectivity index (χ4v) is 3.23. The quantitative estimate of drug-likeness (QED) is 0.552. The van der Waals surface area contributed by atoms with Gasteiger partial charge < -0.3 is 15.5 Å². The number of hydrogen-bond donors (Lipinski definition) is 2. The van der Waals surface area contributed by atoms with Gasteiger partial charge in [-0.1, -0.05) is 0 Å². The lowest BCUT2D eigenvalue weighted by Gasteiger charge is -2.36. The van der Waals surface area contributed by atoms with Crippen LogP contribution < -0.4 is 10.6 Å². The molecule has 0 atom stereocenters. The van der Waals surface area contributed by atoms with Crippen LogP contribution in [0.3, 0.4) is 0 Å². The van der Waals surface area contributed by atoms with Gasteiger partial charge >= 0.3 is 6.18 Å². The van der Waals surface area contributed by atoms with Gasteiger partial charge in [-0.05, 0) is 12.8 Å². The Balaban J connectivity index is 1.49. The number of nitrogens with one attached hydrogen (secondary N) is 2. The predicted octanol–water partition coefficient (Wildman–Crippen LogP) is 0.411. The molecular formula is C17H26F3N7O. The average Bonchev–Trinajstić information content (AvgIpc) is 3.35. The molecule has 11 heteroatoms. The van der Waals surface area contributed by atoms with Crippen molar-refractivity contribution in [1.29, 1.82) is 0 Å². The minimum atomic E-state index is -4.49. The summed E-state index contributed by atoms with van der Waals surface area (Å²) in [4.78, 5) is 20.1. The summed E-state index contributed by atoms with van der Waals surface area (Å²) in [6.07, 6.45) is -1.00. The van der Waals surface area contributed by atoms with E-state index < -0.39 is 11.9 Å². The lowest BCUT2D eigenvalue weighted by Crippen LogP contribution is -2.54. The van der Waals surface area contributed by atoms with Gasteiger partial charge in [-0.2, -0.15) is 18.3 Å². The SMILES string of the molecule is CN=C(NCc1cn(C)nc1C(F)(F)F)N1CCN(CC(=O)NC2CC2)CC1. The number of hydrogen-bond acceptors (Lipinski definition) is 4. The molecule has 1 aliphatic carbocycles. The van der Waals surface area contributed by atoms with Gasteiger partial charge in [0.1, 0.15) is 0 Å². The number of piperazine rings is 1. The minimum Gasteiger partial charge on any atom is -0.352 e. The van der Waals surface area contributed by atoms with E-state index in [-0.39, 0.29) is 18.0 Å². The summed E-state index contributed by atoms with van der Waals surface area (Å²) in [5, 5.41) is 9.48. The molecule has 2 heterocycles. The van der Waals surface area contributed by atoms with Crippen molar-refractivity contribution in [2.24, 2.45) is 12.0 Å². The van der Waals surface area contributed by atoms with E-state index in [1.807, 2.05) is 4.90 Å². The molecular weight excluding hydrogens is 375 g/mol. The summed E-state index contributed by atoms with van der Waals surface area (Å²) in [7, 11) is 3.07. The Morgan fingerprint density at radius 1 is 1.29 bits per heavy atom. The zero-order chi connectivity index (χ0) is 20.3. The second-order valence-electron chi connectivity index (χ2n) is 7.18. The zero-order valence-electron chi connectivity index (χ0n) is 16.1. The molecule has 0 radical (unpaired) electrons. The molecule has 0 unspecified atom stereocenters. The normalized spacial score (nSPS) is 19.0. The summed E-state index contributed by atoms with van der Waals surface area (Å²) in [6, 6.07) is 0.353. The highest BCUT2D eigenvalue weighted by Gasteiger charge is 2.37. The first-order chi connectivity index (χ1) is 13.3. The maximum absolute atomic E-state index is 13.1. The average molecular weight is 401 g/mol. The number of halogens is 3. The van der Waals surface area contributed by atoms with E-state index in [1.165, 1.54) is 13.2 Å². The molecule has 2 aliphatic rings. The van der Waals surface area contributed by atoms with Crippen LogP contribution in [0.25, 0.3) is 0 Å². The van der Waals surface area contributed by atoms with Crippen molar-refractivity contribution in [2.45, 2.75) is 31.6 Å². The van der Waals surface area contributed by atoms with Gasteiger partial charge in [-0.3, -0.25) is 19.4 Å². The summed E-state index contributed by atoms with van der Waals surface area (Å²) < 4.78 is 40.4. The van der Waals surface area contributed by atoms with Gasteiger partial charge in [-0.25, -0.2) is 0 Å². The summed E-state index contributed by atoms with van der Waals surface area (Å²) in [5.74, 6) is 0.591. The van der Waals surface area contributed by atoms with Crippen molar-refractivity contribution >= 4 is 11.9 Å². The van der Waals surface area contributed by atoms with Crippen molar-refractivity contribution in [3.63, 3.8) is 0 Å². The first-order valence-corrected chi connectivity index (χ1v) is 9.33. The Labute approximate surface area is 161 Å². The van der Waals surface area contributed by atoms with Crippen LogP contribution >= 0.6 is 0 Å². The number of aliphatic imine (C=N–C) groups is 1. The third kappa shape index (κ3) is 5.37. The zero-order valence-corrected chi connectivity index (χ0v) is 16.1. The first kappa shape index (κ1) is 20.4. The highest BCUT2D eigenvalue weighted by Crippen LogP contribution is 2.30. The fraction of sp³-hybridized carbons (Fsp3) is 0.706. The van der Waals surface area contributed by atoms with Gasteiger partial charge in [0.2, 0.25) is 5.91 Å². The van der Waals surface area contributed by atoms with Gasteiger partial charge in [-0.15, -0.1) is 0 Å². The van der Waals surface area contributed by atoms with E-state index in [0.29, 0.717) is 44.7 Å². The summed E-state index contributed by atoms with van der Waals surface area (Å²) >= 11 is 0. The second kappa shape index (κ2) is 8.38. The van der Waals surface area contributed by atoms with Crippen LogP contribution in [0.15, 0.2) is 11.2 Å². The number of amides is 1. The number of aryl methyl sites for hydroxylation is 1. The predicted molar refractivity (Wildman–Crippen MR) is 97.6 cm³/mol. The number of aromatic nitrogens is 2. The van der Waals surface area contributed by atoms with Crippen molar-refractivity contribution in [3.8, 4) is 0 Å². The molecule has 1 aliphatic heterocycles. The van der Waals surface area contributed by atoms with Crippen LogP contribution in [-0.4, -0.2) is 77.3 Å². The molecule has 1 amide bonds. The lowest BCUT2D eigenvalue weighted by atomic mass is 10.2. The highest BCUT2D eigenvalue weighted by atomic mass is 19.4. The van der Waals surface area contributed by atoms with Crippen LogP contribution in [0.4, 0.5) is 13.2 Å². The number of carbonyl (C=O) groups is 1. The Bertz CT molecular complexity index is 719. The Morgan fingerprint density at radius 2 is 1.96 bits per heavy atom. The Hall–Kier alpha value is -2.30. The fourth-order valence-electron chi connectivity index (χ4n) is 3.23. The largest absolute Gasteiger partial charge is 0.435 e. The number of carbonyl (C=O) groups excluding carboxylic acids is 1. The van der Waals surface area contributed by atoms with Crippen molar-refractivity contribution in [3.05, 3.63) is 17.5 Å². The molecule has 1 saturated carbocycles. The molecule has 1 saturated heterocycles. The van der Waals surface area contributed by atoms with Gasteiger partial charge in [0.05, 0.1) is 6.54 Å². The molecule has 2 fully saturated rings. The summed E-state index contributed by atoms with van der Waals surface area (Å²) in [5.41, 5.74) is -0.809. The number of nitrogens with zero attached hydrogens (tertiary/aromatic N) is 5. The second-order valence-corrected chi connectivity index (χ2v) is 7.18. The maximum Gasteiger partial charge on any atom is 0.435 e. The van der Waals surface area contributed by atoms with Crippen LogP contribution in [0.1, 0.15) is 24.1 Å². The monoisotopic (exact) mass is 401 g/mol. The van der Waals surface area contributed by atoms with E-state index >= 15 is 0 Å². The third-order valence-corrected chi connectivity index (χ3v) is 4.80. The van der Waals surface area contributed by atoms with Gasteiger partial charge in [0.15, 0.2) is 11.7 Å². The topological polar surface area (TPSA) is 77.8 Å². The molecule has 156 valence electrons. The molecule has 0 bridgehead atoms. The molecule has 2 N–H and O–H groups in total. The smallest absolute Gasteiger partial charge is 0.352 e. The molecule has 28 heavy (non-hydrogen) atoms. The molecule has 3 rings (SSSR count). The Morgan fingerprint density at radius 3 is 2.54 bits per heavy atom. The summed E-state index contributed by atoms with van der Waals surface area (Å²) in [6.45, 7) is 3.05. The van der Waals surface area contributed by atoms with Crippen molar-refractivity contribution < 1.29 is 18.0 Å². The van der Waals surface area contributed by atoms with E-state index in [9.17, 15) is 18.0 Å². The highest BCUT2D eigenvalue weighted by molar-refractivity contribution is 5.80.